The molecule has 2 heterocycles. The Kier molecular flexibility index (Phi) is 4.50. The van der Waals surface area contributed by atoms with Gasteiger partial charge in [0, 0.05) is 12.6 Å². The summed E-state index contributed by atoms with van der Waals surface area (Å²) in [7, 11) is 0. The van der Waals surface area contributed by atoms with E-state index in [0.29, 0.717) is 18.9 Å². The molecule has 0 saturated carbocycles. The predicted molar refractivity (Wildman–Crippen MR) is 66.3 cm³/mol. The molecule has 1 amide bonds. The molecular formula is C13H19N3O. The zero-order chi connectivity index (χ0) is 11.9. The van der Waals surface area contributed by atoms with Crippen molar-refractivity contribution in [3.05, 3.63) is 30.1 Å². The highest BCUT2D eigenvalue weighted by Crippen LogP contribution is 2.13. The second-order valence-electron chi connectivity index (χ2n) is 4.50. The summed E-state index contributed by atoms with van der Waals surface area (Å²) in [4.78, 5) is 15.8. The van der Waals surface area contributed by atoms with Crippen molar-refractivity contribution in [2.45, 2.75) is 25.8 Å². The lowest BCUT2D eigenvalue weighted by molar-refractivity contribution is -0.121. The van der Waals surface area contributed by atoms with Gasteiger partial charge in [-0.05, 0) is 44.0 Å². The van der Waals surface area contributed by atoms with Crippen molar-refractivity contribution >= 4 is 5.91 Å². The lowest BCUT2D eigenvalue weighted by Crippen LogP contribution is -2.23. The van der Waals surface area contributed by atoms with Gasteiger partial charge in [0.2, 0.25) is 5.91 Å². The number of nitrogens with zero attached hydrogens (tertiary/aromatic N) is 1. The summed E-state index contributed by atoms with van der Waals surface area (Å²) in [5.41, 5.74) is 0.906. The number of aromatic nitrogens is 1. The third kappa shape index (κ3) is 4.15. The molecule has 2 N–H and O–H groups in total. The minimum Gasteiger partial charge on any atom is -0.350 e. The minimum absolute atomic E-state index is 0.127. The predicted octanol–water partition coefficient (Wildman–Crippen LogP) is 1.09. The maximum atomic E-state index is 11.6. The Morgan fingerprint density at radius 3 is 3.18 bits per heavy atom. The molecule has 0 aromatic carbocycles. The van der Waals surface area contributed by atoms with Gasteiger partial charge in [0.15, 0.2) is 0 Å². The maximum absolute atomic E-state index is 11.6. The minimum atomic E-state index is 0.127. The Morgan fingerprint density at radius 2 is 2.47 bits per heavy atom. The summed E-state index contributed by atoms with van der Waals surface area (Å²) in [5.74, 6) is 0.804. The van der Waals surface area contributed by atoms with Gasteiger partial charge in [-0.3, -0.25) is 9.78 Å². The van der Waals surface area contributed by atoms with E-state index in [-0.39, 0.29) is 5.91 Å². The molecule has 0 aliphatic carbocycles. The third-order valence-corrected chi connectivity index (χ3v) is 3.13. The number of hydrogen-bond donors (Lipinski definition) is 2. The van der Waals surface area contributed by atoms with Crippen LogP contribution in [0.25, 0.3) is 0 Å². The van der Waals surface area contributed by atoms with E-state index in [1.165, 1.54) is 6.42 Å². The van der Waals surface area contributed by atoms with Gasteiger partial charge in [-0.1, -0.05) is 6.07 Å². The molecule has 1 fully saturated rings. The van der Waals surface area contributed by atoms with E-state index in [4.69, 9.17) is 0 Å². The van der Waals surface area contributed by atoms with Crippen LogP contribution in [-0.4, -0.2) is 24.0 Å². The standard InChI is InChI=1S/C13H19N3O/c17-13(5-4-11-6-8-14-9-11)16-10-12-3-1-2-7-15-12/h1-3,7,11,14H,4-6,8-10H2,(H,16,17). The molecule has 0 spiro atoms. The molecule has 1 unspecified atom stereocenters. The van der Waals surface area contributed by atoms with Crippen LogP contribution in [0.15, 0.2) is 24.4 Å². The summed E-state index contributed by atoms with van der Waals surface area (Å²) < 4.78 is 0. The van der Waals surface area contributed by atoms with E-state index in [0.717, 1.165) is 25.2 Å². The van der Waals surface area contributed by atoms with Crippen LogP contribution in [0.2, 0.25) is 0 Å². The maximum Gasteiger partial charge on any atom is 0.220 e. The highest BCUT2D eigenvalue weighted by Gasteiger charge is 2.15. The van der Waals surface area contributed by atoms with Crippen molar-refractivity contribution in [1.29, 1.82) is 0 Å². The Balaban J connectivity index is 1.64. The van der Waals surface area contributed by atoms with Crippen LogP contribution in [0.1, 0.15) is 25.0 Å². The average Bonchev–Trinajstić information content (AvgIpc) is 2.88. The quantitative estimate of drug-likeness (QED) is 0.800. The largest absolute Gasteiger partial charge is 0.350 e. The number of amides is 1. The molecule has 1 aliphatic heterocycles. The van der Waals surface area contributed by atoms with Gasteiger partial charge in [-0.2, -0.15) is 0 Å². The zero-order valence-electron chi connectivity index (χ0n) is 9.98. The van der Waals surface area contributed by atoms with Gasteiger partial charge in [-0.15, -0.1) is 0 Å². The molecule has 0 bridgehead atoms. The molecule has 0 radical (unpaired) electrons. The molecule has 4 heteroatoms. The molecule has 17 heavy (non-hydrogen) atoms. The number of carbonyl (C=O) groups is 1. The molecule has 92 valence electrons. The summed E-state index contributed by atoms with van der Waals surface area (Å²) in [6, 6.07) is 5.72. The van der Waals surface area contributed by atoms with Crippen molar-refractivity contribution in [3.8, 4) is 0 Å². The Hall–Kier alpha value is -1.42. The fourth-order valence-corrected chi connectivity index (χ4v) is 2.08. The fraction of sp³-hybridized carbons (Fsp3) is 0.538. The summed E-state index contributed by atoms with van der Waals surface area (Å²) >= 11 is 0. The SMILES string of the molecule is O=C(CCC1CCNC1)NCc1ccccn1. The fourth-order valence-electron chi connectivity index (χ4n) is 2.08. The molecule has 1 saturated heterocycles. The van der Waals surface area contributed by atoms with E-state index in [1.54, 1.807) is 6.20 Å². The van der Waals surface area contributed by atoms with E-state index < -0.39 is 0 Å². The van der Waals surface area contributed by atoms with Crippen molar-refractivity contribution in [3.63, 3.8) is 0 Å². The van der Waals surface area contributed by atoms with Crippen LogP contribution in [0.5, 0.6) is 0 Å². The first-order valence-corrected chi connectivity index (χ1v) is 6.22. The van der Waals surface area contributed by atoms with Gasteiger partial charge in [-0.25, -0.2) is 0 Å². The first-order valence-electron chi connectivity index (χ1n) is 6.22. The summed E-state index contributed by atoms with van der Waals surface area (Å²) in [6.07, 6.45) is 4.55. The van der Waals surface area contributed by atoms with E-state index >= 15 is 0 Å². The topological polar surface area (TPSA) is 54.0 Å². The van der Waals surface area contributed by atoms with Gasteiger partial charge in [0.05, 0.1) is 12.2 Å². The Morgan fingerprint density at radius 1 is 1.53 bits per heavy atom. The number of rotatable bonds is 5. The van der Waals surface area contributed by atoms with Gasteiger partial charge < -0.3 is 10.6 Å². The van der Waals surface area contributed by atoms with Gasteiger partial charge in [0.1, 0.15) is 0 Å². The number of pyridine rings is 1. The van der Waals surface area contributed by atoms with E-state index in [2.05, 4.69) is 15.6 Å². The summed E-state index contributed by atoms with van der Waals surface area (Å²) in [5, 5.41) is 6.21. The van der Waals surface area contributed by atoms with Crippen LogP contribution in [0.4, 0.5) is 0 Å². The van der Waals surface area contributed by atoms with Crippen molar-refractivity contribution in [2.75, 3.05) is 13.1 Å². The number of nitrogens with one attached hydrogen (secondary N) is 2. The smallest absolute Gasteiger partial charge is 0.220 e. The van der Waals surface area contributed by atoms with Crippen molar-refractivity contribution in [2.24, 2.45) is 5.92 Å². The van der Waals surface area contributed by atoms with Gasteiger partial charge >= 0.3 is 0 Å². The highest BCUT2D eigenvalue weighted by atomic mass is 16.1. The van der Waals surface area contributed by atoms with Crippen LogP contribution < -0.4 is 10.6 Å². The Bertz CT molecular complexity index is 347. The molecular weight excluding hydrogens is 214 g/mol. The number of hydrogen-bond acceptors (Lipinski definition) is 3. The molecule has 1 aromatic rings. The van der Waals surface area contributed by atoms with E-state index in [9.17, 15) is 4.79 Å². The zero-order valence-corrected chi connectivity index (χ0v) is 9.98. The lowest BCUT2D eigenvalue weighted by Gasteiger charge is -2.08. The number of carbonyl (C=O) groups excluding carboxylic acids is 1. The molecule has 4 nitrogen and oxygen atoms in total. The van der Waals surface area contributed by atoms with Crippen molar-refractivity contribution in [1.82, 2.24) is 15.6 Å². The van der Waals surface area contributed by atoms with Crippen LogP contribution in [0, 0.1) is 5.92 Å². The van der Waals surface area contributed by atoms with Crippen LogP contribution in [0.3, 0.4) is 0 Å². The Labute approximate surface area is 102 Å². The van der Waals surface area contributed by atoms with E-state index in [1.807, 2.05) is 18.2 Å². The van der Waals surface area contributed by atoms with Crippen LogP contribution >= 0.6 is 0 Å². The first kappa shape index (κ1) is 12.0. The molecule has 1 atom stereocenters. The first-order chi connectivity index (χ1) is 8.34. The van der Waals surface area contributed by atoms with Crippen molar-refractivity contribution < 1.29 is 4.79 Å². The van der Waals surface area contributed by atoms with Gasteiger partial charge in [0.25, 0.3) is 0 Å². The third-order valence-electron chi connectivity index (χ3n) is 3.13. The molecule has 2 rings (SSSR count). The second kappa shape index (κ2) is 6.35. The highest BCUT2D eigenvalue weighted by molar-refractivity contribution is 5.75. The molecule has 1 aliphatic rings. The monoisotopic (exact) mass is 233 g/mol. The second-order valence-corrected chi connectivity index (χ2v) is 4.50. The van der Waals surface area contributed by atoms with Crippen LogP contribution in [-0.2, 0) is 11.3 Å². The lowest BCUT2D eigenvalue weighted by atomic mass is 10.0. The summed E-state index contributed by atoms with van der Waals surface area (Å²) in [6.45, 7) is 2.69. The molecule has 1 aromatic heterocycles. The average molecular weight is 233 g/mol. The normalized spacial score (nSPS) is 19.2.